The van der Waals surface area contributed by atoms with E-state index in [1.165, 1.54) is 17.7 Å². The fraction of sp³-hybridized carbons (Fsp3) is 0.133. The number of nitrogens with one attached hydrogen (secondary N) is 2. The van der Waals surface area contributed by atoms with Crippen LogP contribution in [-0.4, -0.2) is 19.9 Å². The molecule has 0 fully saturated rings. The van der Waals surface area contributed by atoms with E-state index in [9.17, 15) is 10.1 Å². The molecule has 0 aliphatic rings. The minimum atomic E-state index is -0.573. The van der Waals surface area contributed by atoms with Crippen molar-refractivity contribution in [2.45, 2.75) is 13.8 Å². The van der Waals surface area contributed by atoms with E-state index >= 15 is 0 Å². The number of thiazole rings is 1. The molecule has 2 N–H and O–H groups in total. The van der Waals surface area contributed by atoms with Gasteiger partial charge < -0.3 is 10.6 Å². The van der Waals surface area contributed by atoms with Gasteiger partial charge in [0, 0.05) is 4.88 Å². The van der Waals surface area contributed by atoms with E-state index < -0.39 is 4.92 Å². The van der Waals surface area contributed by atoms with Gasteiger partial charge in [-0.3, -0.25) is 10.1 Å². The maximum absolute atomic E-state index is 11.6. The zero-order chi connectivity index (χ0) is 18.8. The van der Waals surface area contributed by atoms with Crippen LogP contribution in [0.5, 0.6) is 0 Å². The summed E-state index contributed by atoms with van der Waals surface area (Å²) in [6.45, 7) is 3.78. The molecule has 0 aliphatic heterocycles. The summed E-state index contributed by atoms with van der Waals surface area (Å²) in [5, 5.41) is 18.4. The molecule has 1 aromatic carbocycles. The second-order valence-electron chi connectivity index (χ2n) is 5.19. The number of hydrogen-bond donors (Lipinski definition) is 2. The molecule has 0 atom stereocenters. The fourth-order valence-corrected chi connectivity index (χ4v) is 3.25. The van der Waals surface area contributed by atoms with Crippen molar-refractivity contribution in [2.24, 2.45) is 0 Å². The van der Waals surface area contributed by atoms with Crippen LogP contribution in [0.4, 0.5) is 28.1 Å². The van der Waals surface area contributed by atoms with Crippen LogP contribution < -0.4 is 10.6 Å². The van der Waals surface area contributed by atoms with E-state index in [1.54, 1.807) is 18.2 Å². The standard InChI is InChI=1S/C15H12Cl2N6O2S/c1-7-8(2)26-15(20-7)22-14-12(23(24)25)13(18-6-19-14)21-10-5-3-4-9(16)11(10)17/h3-6H,1-2H3,(H2,18,19,20,21,22). The Hall–Kier alpha value is -2.49. The van der Waals surface area contributed by atoms with Gasteiger partial charge in [-0.2, -0.15) is 0 Å². The summed E-state index contributed by atoms with van der Waals surface area (Å²) in [7, 11) is 0. The molecule has 2 aromatic heterocycles. The molecule has 0 amide bonds. The minimum Gasteiger partial charge on any atom is -0.333 e. The molecule has 0 radical (unpaired) electrons. The molecule has 3 aromatic rings. The van der Waals surface area contributed by atoms with Crippen LogP contribution >= 0.6 is 34.5 Å². The van der Waals surface area contributed by atoms with Crippen LogP contribution in [0.15, 0.2) is 24.5 Å². The molecular weight excluding hydrogens is 399 g/mol. The molecule has 0 bridgehead atoms. The van der Waals surface area contributed by atoms with E-state index in [0.29, 0.717) is 15.8 Å². The molecule has 2 heterocycles. The number of anilines is 4. The lowest BCUT2D eigenvalue weighted by Gasteiger charge is -2.10. The minimum absolute atomic E-state index is 0.0123. The molecule has 11 heteroatoms. The van der Waals surface area contributed by atoms with Crippen LogP contribution in [0.3, 0.4) is 0 Å². The fourth-order valence-electron chi connectivity index (χ4n) is 2.09. The quantitative estimate of drug-likeness (QED) is 0.436. The Bertz CT molecular complexity index is 975. The van der Waals surface area contributed by atoms with Crippen molar-refractivity contribution in [3.63, 3.8) is 0 Å². The first-order valence-electron chi connectivity index (χ1n) is 7.28. The Kier molecular flexibility index (Phi) is 5.21. The molecule has 0 saturated carbocycles. The lowest BCUT2D eigenvalue weighted by atomic mass is 10.3. The Morgan fingerprint density at radius 1 is 1.15 bits per heavy atom. The first kappa shape index (κ1) is 18.3. The highest BCUT2D eigenvalue weighted by Crippen LogP contribution is 2.37. The number of nitro groups is 1. The zero-order valence-corrected chi connectivity index (χ0v) is 15.9. The highest BCUT2D eigenvalue weighted by molar-refractivity contribution is 7.15. The summed E-state index contributed by atoms with van der Waals surface area (Å²) in [4.78, 5) is 24.3. The summed E-state index contributed by atoms with van der Waals surface area (Å²) in [5.74, 6) is 0.0149. The predicted molar refractivity (Wildman–Crippen MR) is 103 cm³/mol. The van der Waals surface area contributed by atoms with Crippen molar-refractivity contribution in [3.8, 4) is 0 Å². The SMILES string of the molecule is Cc1nc(Nc2ncnc(Nc3cccc(Cl)c3Cl)c2[N+](=O)[O-])sc1C. The third-order valence-electron chi connectivity index (χ3n) is 3.46. The van der Waals surface area contributed by atoms with Crippen LogP contribution in [0.2, 0.25) is 10.0 Å². The first-order chi connectivity index (χ1) is 12.4. The molecule has 8 nitrogen and oxygen atoms in total. The summed E-state index contributed by atoms with van der Waals surface area (Å²) in [6.07, 6.45) is 1.21. The lowest BCUT2D eigenvalue weighted by molar-refractivity contribution is -0.383. The largest absolute Gasteiger partial charge is 0.353 e. The Morgan fingerprint density at radius 3 is 2.46 bits per heavy atom. The molecule has 0 aliphatic carbocycles. The second kappa shape index (κ2) is 7.40. The van der Waals surface area contributed by atoms with Gasteiger partial charge in [0.1, 0.15) is 6.33 Å². The molecule has 3 rings (SSSR count). The molecule has 0 unspecified atom stereocenters. The van der Waals surface area contributed by atoms with Gasteiger partial charge >= 0.3 is 5.69 Å². The van der Waals surface area contributed by atoms with Gasteiger partial charge in [0.05, 0.1) is 26.3 Å². The predicted octanol–water partition coefficient (Wildman–Crippen LogP) is 5.25. The van der Waals surface area contributed by atoms with Gasteiger partial charge in [-0.25, -0.2) is 15.0 Å². The van der Waals surface area contributed by atoms with Crippen molar-refractivity contribution in [3.05, 3.63) is 55.3 Å². The highest BCUT2D eigenvalue weighted by atomic mass is 35.5. The van der Waals surface area contributed by atoms with Crippen LogP contribution in [0, 0.1) is 24.0 Å². The Balaban J connectivity index is 2.01. The van der Waals surface area contributed by atoms with Crippen molar-refractivity contribution >= 4 is 62.7 Å². The van der Waals surface area contributed by atoms with Gasteiger partial charge in [0.25, 0.3) is 0 Å². The van der Waals surface area contributed by atoms with Crippen molar-refractivity contribution < 1.29 is 4.92 Å². The zero-order valence-electron chi connectivity index (χ0n) is 13.6. The van der Waals surface area contributed by atoms with Crippen LogP contribution in [-0.2, 0) is 0 Å². The molecule has 26 heavy (non-hydrogen) atoms. The summed E-state index contributed by atoms with van der Waals surface area (Å²) in [5.41, 5.74) is 0.917. The lowest BCUT2D eigenvalue weighted by Crippen LogP contribution is -2.05. The molecule has 0 spiro atoms. The third-order valence-corrected chi connectivity index (χ3v) is 5.27. The second-order valence-corrected chi connectivity index (χ2v) is 7.18. The van der Waals surface area contributed by atoms with E-state index in [1.807, 2.05) is 13.8 Å². The van der Waals surface area contributed by atoms with E-state index in [4.69, 9.17) is 23.2 Å². The van der Waals surface area contributed by atoms with Gasteiger partial charge in [-0.05, 0) is 26.0 Å². The van der Waals surface area contributed by atoms with E-state index in [0.717, 1.165) is 10.6 Å². The van der Waals surface area contributed by atoms with Crippen molar-refractivity contribution in [1.29, 1.82) is 0 Å². The Labute approximate surface area is 162 Å². The maximum Gasteiger partial charge on any atom is 0.353 e. The van der Waals surface area contributed by atoms with Gasteiger partial charge in [0.2, 0.25) is 11.6 Å². The number of aromatic nitrogens is 3. The van der Waals surface area contributed by atoms with Crippen molar-refractivity contribution in [1.82, 2.24) is 15.0 Å². The normalized spacial score (nSPS) is 10.6. The van der Waals surface area contributed by atoms with Gasteiger partial charge in [-0.15, -0.1) is 11.3 Å². The maximum atomic E-state index is 11.6. The average molecular weight is 411 g/mol. The number of halogens is 2. The molecule has 134 valence electrons. The summed E-state index contributed by atoms with van der Waals surface area (Å²) < 4.78 is 0. The van der Waals surface area contributed by atoms with E-state index in [-0.39, 0.29) is 22.3 Å². The molecule has 0 saturated heterocycles. The third kappa shape index (κ3) is 3.69. The molecular formula is C15H12Cl2N6O2S. The summed E-state index contributed by atoms with van der Waals surface area (Å²) >= 11 is 13.5. The monoisotopic (exact) mass is 410 g/mol. The highest BCUT2D eigenvalue weighted by Gasteiger charge is 2.24. The number of hydrogen-bond acceptors (Lipinski definition) is 8. The smallest absolute Gasteiger partial charge is 0.333 e. The topological polar surface area (TPSA) is 106 Å². The summed E-state index contributed by atoms with van der Waals surface area (Å²) in [6, 6.07) is 4.92. The van der Waals surface area contributed by atoms with Gasteiger partial charge in [0.15, 0.2) is 5.13 Å². The van der Waals surface area contributed by atoms with Gasteiger partial charge in [-0.1, -0.05) is 29.3 Å². The number of benzene rings is 1. The number of nitrogens with zero attached hydrogens (tertiary/aromatic N) is 4. The number of aryl methyl sites for hydroxylation is 2. The van der Waals surface area contributed by atoms with Crippen LogP contribution in [0.25, 0.3) is 0 Å². The average Bonchev–Trinajstić information content (AvgIpc) is 2.89. The first-order valence-corrected chi connectivity index (χ1v) is 8.85. The number of rotatable bonds is 5. The Morgan fingerprint density at radius 2 is 1.85 bits per heavy atom. The van der Waals surface area contributed by atoms with Crippen LogP contribution in [0.1, 0.15) is 10.6 Å². The van der Waals surface area contributed by atoms with Crippen molar-refractivity contribution in [2.75, 3.05) is 10.6 Å². The van der Waals surface area contributed by atoms with E-state index in [2.05, 4.69) is 25.6 Å².